The zero-order chi connectivity index (χ0) is 21.3. The molecule has 3 N–H and O–H groups in total. The van der Waals surface area contributed by atoms with Crippen molar-refractivity contribution in [2.45, 2.75) is 12.5 Å². The third-order valence-corrected chi connectivity index (χ3v) is 4.93. The summed E-state index contributed by atoms with van der Waals surface area (Å²) in [5.41, 5.74) is 1.83. The number of benzene rings is 2. The summed E-state index contributed by atoms with van der Waals surface area (Å²) < 4.78 is 10.7. The van der Waals surface area contributed by atoms with Crippen LogP contribution < -0.4 is 30.3 Å². The third-order valence-electron chi connectivity index (χ3n) is 4.93. The molecule has 2 aromatic carbocycles. The smallest absolute Gasteiger partial charge is 0.243 e. The second-order valence-corrected chi connectivity index (χ2v) is 6.99. The lowest BCUT2D eigenvalue weighted by atomic mass is 10.2. The Kier molecular flexibility index (Phi) is 7.37. The molecule has 1 atom stereocenters. The summed E-state index contributed by atoms with van der Waals surface area (Å²) in [7, 11) is 5.00. The number of hydrogen-bond acceptors (Lipinski definition) is 5. The third kappa shape index (κ3) is 5.79. The van der Waals surface area contributed by atoms with E-state index in [0.29, 0.717) is 5.96 Å². The van der Waals surface area contributed by atoms with Gasteiger partial charge in [-0.1, -0.05) is 18.2 Å². The predicted octanol–water partition coefficient (Wildman–Crippen LogP) is 2.09. The molecule has 30 heavy (non-hydrogen) atoms. The first-order valence-corrected chi connectivity index (χ1v) is 9.91. The van der Waals surface area contributed by atoms with Gasteiger partial charge in [0.25, 0.3) is 0 Å². The maximum absolute atomic E-state index is 12.1. The number of methoxy groups -OCH3 is 2. The maximum Gasteiger partial charge on any atom is 0.243 e. The van der Waals surface area contributed by atoms with E-state index >= 15 is 0 Å². The van der Waals surface area contributed by atoms with Crippen LogP contribution in [0.25, 0.3) is 0 Å². The Hall–Kier alpha value is -3.42. The Labute approximate surface area is 177 Å². The van der Waals surface area contributed by atoms with Crippen LogP contribution in [0.5, 0.6) is 11.5 Å². The molecule has 1 fully saturated rings. The van der Waals surface area contributed by atoms with E-state index in [0.717, 1.165) is 42.4 Å². The molecule has 1 saturated heterocycles. The number of ether oxygens (including phenoxy) is 2. The van der Waals surface area contributed by atoms with Crippen molar-refractivity contribution in [3.63, 3.8) is 0 Å². The van der Waals surface area contributed by atoms with Crippen LogP contribution in [0.15, 0.2) is 53.5 Å². The number of nitrogens with one attached hydrogen (secondary N) is 3. The number of carbonyl (C=O) groups excluding carboxylic acids is 1. The first kappa shape index (κ1) is 21.3. The predicted molar refractivity (Wildman–Crippen MR) is 120 cm³/mol. The van der Waals surface area contributed by atoms with Crippen LogP contribution in [0.1, 0.15) is 6.42 Å². The molecule has 1 unspecified atom stereocenters. The summed E-state index contributed by atoms with van der Waals surface area (Å²) in [6.45, 7) is 1.85. The standard InChI is InChI=1S/C22H29N5O3/c1-23-22(24-14-21(28)25-16-7-5-4-6-8-16)26-17-9-10-27(15-17)18-11-19(29-2)13-20(12-18)30-3/h4-8,11-13,17H,9-10,14-15H2,1-3H3,(H,25,28)(H2,23,24,26). The van der Waals surface area contributed by atoms with Gasteiger partial charge in [-0.2, -0.15) is 0 Å². The maximum atomic E-state index is 12.1. The topological polar surface area (TPSA) is 87.2 Å². The van der Waals surface area contributed by atoms with E-state index in [1.807, 2.05) is 48.5 Å². The molecule has 0 saturated carbocycles. The van der Waals surface area contributed by atoms with Crippen LogP contribution in [0.2, 0.25) is 0 Å². The average Bonchev–Trinajstić information content (AvgIpc) is 3.25. The van der Waals surface area contributed by atoms with Gasteiger partial charge in [-0.3, -0.25) is 9.79 Å². The Morgan fingerprint density at radius 2 is 1.83 bits per heavy atom. The Bertz CT molecular complexity index is 850. The van der Waals surface area contributed by atoms with Gasteiger partial charge in [0, 0.05) is 55.8 Å². The molecular formula is C22H29N5O3. The molecule has 8 heteroatoms. The number of para-hydroxylation sites is 1. The number of carbonyl (C=O) groups is 1. The molecule has 1 aliphatic rings. The summed E-state index contributed by atoms with van der Waals surface area (Å²) in [4.78, 5) is 18.7. The van der Waals surface area contributed by atoms with Gasteiger partial charge in [-0.25, -0.2) is 0 Å². The number of amides is 1. The van der Waals surface area contributed by atoms with Gasteiger partial charge < -0.3 is 30.3 Å². The number of aliphatic imine (C=N–C) groups is 1. The molecule has 1 amide bonds. The summed E-state index contributed by atoms with van der Waals surface area (Å²) in [5, 5.41) is 9.32. The molecule has 8 nitrogen and oxygen atoms in total. The second kappa shape index (κ2) is 10.4. The normalized spacial score (nSPS) is 16.2. The van der Waals surface area contributed by atoms with Crippen molar-refractivity contribution in [1.82, 2.24) is 10.6 Å². The van der Waals surface area contributed by atoms with Gasteiger partial charge >= 0.3 is 0 Å². The van der Waals surface area contributed by atoms with Gasteiger partial charge in [0.2, 0.25) is 5.91 Å². The summed E-state index contributed by atoms with van der Waals surface area (Å²) in [5.74, 6) is 2.01. The molecular weight excluding hydrogens is 382 g/mol. The van der Waals surface area contributed by atoms with Crippen LogP contribution in [-0.4, -0.2) is 58.8 Å². The fourth-order valence-electron chi connectivity index (χ4n) is 3.37. The minimum Gasteiger partial charge on any atom is -0.497 e. The number of nitrogens with zero attached hydrogens (tertiary/aromatic N) is 2. The Balaban J connectivity index is 1.50. The minimum atomic E-state index is -0.124. The van der Waals surface area contributed by atoms with Crippen molar-refractivity contribution < 1.29 is 14.3 Å². The van der Waals surface area contributed by atoms with E-state index in [1.54, 1.807) is 21.3 Å². The highest BCUT2D eigenvalue weighted by Crippen LogP contribution is 2.30. The summed E-state index contributed by atoms with van der Waals surface area (Å²) in [6.07, 6.45) is 0.955. The van der Waals surface area contributed by atoms with Crippen LogP contribution in [-0.2, 0) is 4.79 Å². The first-order chi connectivity index (χ1) is 14.6. The molecule has 0 spiro atoms. The van der Waals surface area contributed by atoms with E-state index < -0.39 is 0 Å². The van der Waals surface area contributed by atoms with Crippen molar-refractivity contribution in [3.8, 4) is 11.5 Å². The van der Waals surface area contributed by atoms with Crippen molar-refractivity contribution in [2.24, 2.45) is 4.99 Å². The van der Waals surface area contributed by atoms with E-state index in [4.69, 9.17) is 9.47 Å². The van der Waals surface area contributed by atoms with Crippen LogP contribution in [0.3, 0.4) is 0 Å². The highest BCUT2D eigenvalue weighted by atomic mass is 16.5. The highest BCUT2D eigenvalue weighted by molar-refractivity contribution is 5.95. The SMILES string of the molecule is CN=C(NCC(=O)Nc1ccccc1)NC1CCN(c2cc(OC)cc(OC)c2)C1. The second-order valence-electron chi connectivity index (χ2n) is 6.99. The molecule has 0 radical (unpaired) electrons. The van der Waals surface area contributed by atoms with Gasteiger partial charge in [0.15, 0.2) is 5.96 Å². The monoisotopic (exact) mass is 411 g/mol. The molecule has 1 aliphatic heterocycles. The summed E-state index contributed by atoms with van der Waals surface area (Å²) >= 11 is 0. The van der Waals surface area contributed by atoms with Crippen molar-refractivity contribution in [1.29, 1.82) is 0 Å². The molecule has 0 aliphatic carbocycles. The molecule has 2 aromatic rings. The minimum absolute atomic E-state index is 0.124. The molecule has 3 rings (SSSR count). The van der Waals surface area contributed by atoms with Crippen molar-refractivity contribution in [3.05, 3.63) is 48.5 Å². The number of anilines is 2. The van der Waals surface area contributed by atoms with Gasteiger partial charge in [0.1, 0.15) is 11.5 Å². The van der Waals surface area contributed by atoms with Gasteiger partial charge in [-0.15, -0.1) is 0 Å². The molecule has 1 heterocycles. The zero-order valence-electron chi connectivity index (χ0n) is 17.6. The lowest BCUT2D eigenvalue weighted by Crippen LogP contribution is -2.46. The lowest BCUT2D eigenvalue weighted by Gasteiger charge is -2.21. The van der Waals surface area contributed by atoms with E-state index in [2.05, 4.69) is 25.8 Å². The Morgan fingerprint density at radius 3 is 2.47 bits per heavy atom. The Morgan fingerprint density at radius 1 is 1.13 bits per heavy atom. The summed E-state index contributed by atoms with van der Waals surface area (Å²) in [6, 6.07) is 15.5. The largest absolute Gasteiger partial charge is 0.497 e. The fourth-order valence-corrected chi connectivity index (χ4v) is 3.37. The molecule has 0 aromatic heterocycles. The number of guanidine groups is 1. The quantitative estimate of drug-likeness (QED) is 0.478. The lowest BCUT2D eigenvalue weighted by molar-refractivity contribution is -0.115. The highest BCUT2D eigenvalue weighted by Gasteiger charge is 2.24. The van der Waals surface area contributed by atoms with Crippen molar-refractivity contribution in [2.75, 3.05) is 51.1 Å². The van der Waals surface area contributed by atoms with Crippen molar-refractivity contribution >= 4 is 23.2 Å². The van der Waals surface area contributed by atoms with Crippen LogP contribution in [0.4, 0.5) is 11.4 Å². The van der Waals surface area contributed by atoms with E-state index in [1.165, 1.54) is 0 Å². The fraction of sp³-hybridized carbons (Fsp3) is 0.364. The van der Waals surface area contributed by atoms with Crippen LogP contribution >= 0.6 is 0 Å². The number of hydrogen-bond donors (Lipinski definition) is 3. The van der Waals surface area contributed by atoms with E-state index in [9.17, 15) is 4.79 Å². The van der Waals surface area contributed by atoms with Gasteiger partial charge in [-0.05, 0) is 18.6 Å². The number of rotatable bonds is 7. The van der Waals surface area contributed by atoms with Crippen LogP contribution in [0, 0.1) is 0 Å². The average molecular weight is 412 g/mol. The first-order valence-electron chi connectivity index (χ1n) is 9.91. The molecule has 160 valence electrons. The molecule has 0 bridgehead atoms. The zero-order valence-corrected chi connectivity index (χ0v) is 17.6. The van der Waals surface area contributed by atoms with E-state index in [-0.39, 0.29) is 18.5 Å². The van der Waals surface area contributed by atoms with Gasteiger partial charge in [0.05, 0.1) is 20.8 Å².